The normalized spacial score (nSPS) is 14.4. The van der Waals surface area contributed by atoms with Crippen molar-refractivity contribution in [3.8, 4) is 0 Å². The Balaban J connectivity index is 2.66. The highest BCUT2D eigenvalue weighted by atomic mass is 79.9. The lowest BCUT2D eigenvalue weighted by Gasteiger charge is -2.22. The van der Waals surface area contributed by atoms with E-state index in [4.69, 9.17) is 0 Å². The van der Waals surface area contributed by atoms with Gasteiger partial charge in [-0.2, -0.15) is 0 Å². The van der Waals surface area contributed by atoms with Gasteiger partial charge in [0.1, 0.15) is 5.82 Å². The minimum Gasteiger partial charge on any atom is -0.210 e. The summed E-state index contributed by atoms with van der Waals surface area (Å²) >= 11 is 3.45. The predicted molar refractivity (Wildman–Crippen MR) is 78.4 cm³/mol. The minimum atomic E-state index is -3.65. The summed E-state index contributed by atoms with van der Waals surface area (Å²) in [7, 11) is -3.65. The van der Waals surface area contributed by atoms with E-state index in [0.717, 1.165) is 12.5 Å². The fourth-order valence-corrected chi connectivity index (χ4v) is 4.11. The molecule has 19 heavy (non-hydrogen) atoms. The molecule has 6 heteroatoms. The van der Waals surface area contributed by atoms with Crippen LogP contribution < -0.4 is 4.72 Å². The molecule has 0 heterocycles. The average molecular weight is 352 g/mol. The van der Waals surface area contributed by atoms with Crippen LogP contribution in [0.25, 0.3) is 0 Å². The van der Waals surface area contributed by atoms with Crippen LogP contribution in [-0.4, -0.2) is 19.8 Å². The van der Waals surface area contributed by atoms with Crippen LogP contribution in [-0.2, 0) is 10.0 Å². The van der Waals surface area contributed by atoms with E-state index >= 15 is 0 Å². The fraction of sp³-hybridized carbons (Fsp3) is 0.538. The summed E-state index contributed by atoms with van der Waals surface area (Å²) in [6.07, 6.45) is 0.832. The number of halogens is 2. The first-order valence-corrected chi connectivity index (χ1v) is 8.39. The third kappa shape index (κ3) is 6.01. The maximum atomic E-state index is 13.0. The molecule has 0 radical (unpaired) electrons. The highest BCUT2D eigenvalue weighted by Crippen LogP contribution is 2.24. The van der Waals surface area contributed by atoms with E-state index in [0.29, 0.717) is 0 Å². The van der Waals surface area contributed by atoms with Crippen LogP contribution in [0.2, 0.25) is 0 Å². The van der Waals surface area contributed by atoms with Gasteiger partial charge in [-0.05, 0) is 30.0 Å². The quantitative estimate of drug-likeness (QED) is 0.827. The molecule has 0 aliphatic carbocycles. The number of hydrogen-bond acceptors (Lipinski definition) is 2. The standard InChI is InChI=1S/C13H19BrFNO2S/c1-13(2,3)8-10(14)9-16-19(17,18)12-6-4-5-11(15)7-12/h4-7,10,16H,8-9H2,1-3H3. The summed E-state index contributed by atoms with van der Waals surface area (Å²) in [4.78, 5) is -0.0150. The van der Waals surface area contributed by atoms with Crippen LogP contribution in [0.15, 0.2) is 29.2 Å². The molecule has 108 valence electrons. The van der Waals surface area contributed by atoms with Gasteiger partial charge in [0.05, 0.1) is 4.90 Å². The zero-order valence-corrected chi connectivity index (χ0v) is 13.7. The summed E-state index contributed by atoms with van der Waals surface area (Å²) in [6, 6.07) is 4.98. The van der Waals surface area contributed by atoms with E-state index in [2.05, 4.69) is 41.4 Å². The highest BCUT2D eigenvalue weighted by Gasteiger charge is 2.20. The zero-order chi connectivity index (χ0) is 14.7. The molecule has 0 aromatic heterocycles. The van der Waals surface area contributed by atoms with Crippen molar-refractivity contribution in [1.82, 2.24) is 4.72 Å². The molecule has 1 aromatic carbocycles. The molecule has 0 amide bonds. The Morgan fingerprint density at radius 1 is 1.37 bits per heavy atom. The lowest BCUT2D eigenvalue weighted by molar-refractivity contribution is 0.373. The van der Waals surface area contributed by atoms with Gasteiger partial charge >= 0.3 is 0 Å². The first kappa shape index (κ1) is 16.6. The van der Waals surface area contributed by atoms with Crippen LogP contribution in [0.4, 0.5) is 4.39 Å². The van der Waals surface area contributed by atoms with Gasteiger partial charge in [0.2, 0.25) is 10.0 Å². The van der Waals surface area contributed by atoms with E-state index < -0.39 is 15.8 Å². The minimum absolute atomic E-state index is 0.0378. The van der Waals surface area contributed by atoms with Gasteiger partial charge in [-0.15, -0.1) is 0 Å². The van der Waals surface area contributed by atoms with E-state index in [9.17, 15) is 12.8 Å². The summed E-state index contributed by atoms with van der Waals surface area (Å²) in [5, 5.41) is 0. The van der Waals surface area contributed by atoms with Gasteiger partial charge in [0.15, 0.2) is 0 Å². The Kier molecular flexibility index (Phi) is 5.53. The number of sulfonamides is 1. The molecule has 1 atom stereocenters. The molecule has 0 aliphatic rings. The number of benzene rings is 1. The van der Waals surface area contributed by atoms with Gasteiger partial charge in [-0.1, -0.05) is 42.8 Å². The van der Waals surface area contributed by atoms with E-state index in [1.165, 1.54) is 18.2 Å². The van der Waals surface area contributed by atoms with Crippen LogP contribution in [0.1, 0.15) is 27.2 Å². The lowest BCUT2D eigenvalue weighted by atomic mass is 9.91. The first-order valence-electron chi connectivity index (χ1n) is 5.99. The maximum absolute atomic E-state index is 13.0. The predicted octanol–water partition coefficient (Wildman–Crippen LogP) is 3.30. The summed E-state index contributed by atoms with van der Waals surface area (Å²) < 4.78 is 39.4. The Morgan fingerprint density at radius 2 is 2.00 bits per heavy atom. The molecule has 1 rings (SSSR count). The van der Waals surface area contributed by atoms with Crippen molar-refractivity contribution >= 4 is 26.0 Å². The number of rotatable bonds is 5. The highest BCUT2D eigenvalue weighted by molar-refractivity contribution is 9.09. The third-order valence-electron chi connectivity index (χ3n) is 2.44. The van der Waals surface area contributed by atoms with Gasteiger partial charge in [0, 0.05) is 11.4 Å². The van der Waals surface area contributed by atoms with Crippen molar-refractivity contribution < 1.29 is 12.8 Å². The maximum Gasteiger partial charge on any atom is 0.240 e. The molecule has 0 fully saturated rings. The molecule has 1 unspecified atom stereocenters. The molecule has 0 spiro atoms. The Bertz CT molecular complexity index is 526. The van der Waals surface area contributed by atoms with Crippen molar-refractivity contribution in [2.75, 3.05) is 6.54 Å². The second-order valence-corrected chi connectivity index (χ2v) is 8.73. The first-order chi connectivity index (χ1) is 8.60. The Labute approximate surface area is 122 Å². The molecular formula is C13H19BrFNO2S. The summed E-state index contributed by atoms with van der Waals surface area (Å²) in [6.45, 7) is 6.53. The van der Waals surface area contributed by atoms with Crippen LogP contribution in [0, 0.1) is 11.2 Å². The topological polar surface area (TPSA) is 46.2 Å². The van der Waals surface area contributed by atoms with E-state index in [-0.39, 0.29) is 21.7 Å². The second-order valence-electron chi connectivity index (χ2n) is 5.67. The van der Waals surface area contributed by atoms with Gasteiger partial charge in [-0.25, -0.2) is 17.5 Å². The second kappa shape index (κ2) is 6.33. The van der Waals surface area contributed by atoms with Crippen molar-refractivity contribution in [3.63, 3.8) is 0 Å². The molecule has 1 N–H and O–H groups in total. The molecule has 0 aliphatic heterocycles. The molecular weight excluding hydrogens is 333 g/mol. The lowest BCUT2D eigenvalue weighted by Crippen LogP contribution is -2.31. The van der Waals surface area contributed by atoms with Crippen molar-refractivity contribution in [3.05, 3.63) is 30.1 Å². The molecule has 1 aromatic rings. The van der Waals surface area contributed by atoms with Crippen molar-refractivity contribution in [2.24, 2.45) is 5.41 Å². The van der Waals surface area contributed by atoms with Gasteiger partial charge in [-0.3, -0.25) is 0 Å². The van der Waals surface area contributed by atoms with Gasteiger partial charge < -0.3 is 0 Å². The third-order valence-corrected chi connectivity index (χ3v) is 4.50. The monoisotopic (exact) mass is 351 g/mol. The summed E-state index contributed by atoms with van der Waals surface area (Å²) in [5.41, 5.74) is 0.110. The molecule has 0 saturated heterocycles. The van der Waals surface area contributed by atoms with Crippen molar-refractivity contribution in [1.29, 1.82) is 0 Å². The van der Waals surface area contributed by atoms with Crippen LogP contribution in [0.3, 0.4) is 0 Å². The average Bonchev–Trinajstić information content (AvgIpc) is 2.24. The number of alkyl halides is 1. The van der Waals surface area contributed by atoms with Crippen LogP contribution in [0.5, 0.6) is 0 Å². The number of nitrogens with one attached hydrogen (secondary N) is 1. The SMILES string of the molecule is CC(C)(C)CC(Br)CNS(=O)(=O)c1cccc(F)c1. The largest absolute Gasteiger partial charge is 0.240 e. The Hall–Kier alpha value is -0.460. The molecule has 3 nitrogen and oxygen atoms in total. The van der Waals surface area contributed by atoms with E-state index in [1.54, 1.807) is 0 Å². The van der Waals surface area contributed by atoms with Crippen LogP contribution >= 0.6 is 15.9 Å². The fourth-order valence-electron chi connectivity index (χ4n) is 1.65. The molecule has 0 bridgehead atoms. The van der Waals surface area contributed by atoms with E-state index in [1.807, 2.05) is 0 Å². The smallest absolute Gasteiger partial charge is 0.210 e. The molecule has 0 saturated carbocycles. The summed E-state index contributed by atoms with van der Waals surface area (Å²) in [5.74, 6) is -0.562. The Morgan fingerprint density at radius 3 is 2.53 bits per heavy atom. The zero-order valence-electron chi connectivity index (χ0n) is 11.3. The van der Waals surface area contributed by atoms with Gasteiger partial charge in [0.25, 0.3) is 0 Å². The van der Waals surface area contributed by atoms with Crippen molar-refractivity contribution in [2.45, 2.75) is 36.9 Å². The number of hydrogen-bond donors (Lipinski definition) is 1.